The van der Waals surface area contributed by atoms with Gasteiger partial charge >= 0.3 is 0 Å². The van der Waals surface area contributed by atoms with Gasteiger partial charge in [0.25, 0.3) is 5.95 Å². The van der Waals surface area contributed by atoms with E-state index in [9.17, 15) is 0 Å². The molecule has 0 saturated heterocycles. The third-order valence-corrected chi connectivity index (χ3v) is 4.73. The fourth-order valence-corrected chi connectivity index (χ4v) is 3.20. The number of halogens is 1. The van der Waals surface area contributed by atoms with Crippen molar-refractivity contribution >= 4 is 45.8 Å². The number of fused-ring (bicyclic) bond motifs is 3. The van der Waals surface area contributed by atoms with Crippen molar-refractivity contribution in [2.24, 2.45) is 5.10 Å². The molecule has 0 spiro atoms. The van der Waals surface area contributed by atoms with Crippen molar-refractivity contribution in [2.45, 2.75) is 6.92 Å². The lowest BCUT2D eigenvalue weighted by atomic mass is 10.2. The molecule has 5 aromatic rings. The summed E-state index contributed by atoms with van der Waals surface area (Å²) in [6, 6.07) is 17.3. The number of nitrogens with zero attached hydrogens (tertiary/aromatic N) is 4. The molecule has 0 unspecified atom stereocenters. The lowest BCUT2D eigenvalue weighted by molar-refractivity contribution is 0.575. The quantitative estimate of drug-likeness (QED) is 0.319. The van der Waals surface area contributed by atoms with Crippen molar-refractivity contribution in [3.8, 4) is 11.3 Å². The minimum atomic E-state index is 0.293. The molecule has 29 heavy (non-hydrogen) atoms. The van der Waals surface area contributed by atoms with E-state index in [0.29, 0.717) is 22.4 Å². The molecule has 0 radical (unpaired) electrons. The predicted octanol–water partition coefficient (Wildman–Crippen LogP) is 5.17. The van der Waals surface area contributed by atoms with Gasteiger partial charge in [0.05, 0.1) is 6.21 Å². The monoisotopic (exact) mass is 402 g/mol. The van der Waals surface area contributed by atoms with Gasteiger partial charge in [-0.1, -0.05) is 23.2 Å². The first-order valence-electron chi connectivity index (χ1n) is 8.93. The maximum absolute atomic E-state index is 5.92. The summed E-state index contributed by atoms with van der Waals surface area (Å²) in [4.78, 5) is 7.68. The normalized spacial score (nSPS) is 11.7. The van der Waals surface area contributed by atoms with Crippen LogP contribution in [0, 0.1) is 6.92 Å². The van der Waals surface area contributed by atoms with Gasteiger partial charge in [-0.25, -0.2) is 5.43 Å². The Kier molecular flexibility index (Phi) is 4.22. The molecule has 0 saturated carbocycles. The lowest BCUT2D eigenvalue weighted by Gasteiger charge is -1.97. The summed E-state index contributed by atoms with van der Waals surface area (Å²) in [6.45, 7) is 2.04. The van der Waals surface area contributed by atoms with E-state index in [1.54, 1.807) is 6.21 Å². The Labute approximate surface area is 170 Å². The van der Waals surface area contributed by atoms with Gasteiger partial charge in [-0.05, 0) is 55.5 Å². The zero-order valence-electron chi connectivity index (χ0n) is 15.3. The fraction of sp³-hybridized carbons (Fsp3) is 0.0476. The molecule has 0 aliphatic heterocycles. The summed E-state index contributed by atoms with van der Waals surface area (Å²) >= 11 is 5.92. The van der Waals surface area contributed by atoms with Gasteiger partial charge in [-0.15, -0.1) is 10.2 Å². The third-order valence-electron chi connectivity index (χ3n) is 4.48. The standard InChI is InChI=1S/C21H15ClN6O/c1-12-2-8-17-16(10-12)19-20(24-17)25-21(28-26-19)27-23-11-15-7-9-18(29-15)13-3-5-14(22)6-4-13/h2-11H,1H3,(H2,24,25,27,28)/b23-11+. The predicted molar refractivity (Wildman–Crippen MR) is 114 cm³/mol. The molecule has 7 nitrogen and oxygen atoms in total. The fourth-order valence-electron chi connectivity index (χ4n) is 3.08. The van der Waals surface area contributed by atoms with Crippen molar-refractivity contribution < 1.29 is 4.42 Å². The molecule has 0 aliphatic carbocycles. The Hall–Kier alpha value is -3.71. The molecular formula is C21H15ClN6O. The number of hydrogen-bond acceptors (Lipinski definition) is 6. The van der Waals surface area contributed by atoms with E-state index >= 15 is 0 Å². The maximum atomic E-state index is 5.92. The minimum absolute atomic E-state index is 0.293. The number of furan rings is 1. The first kappa shape index (κ1) is 17.4. The highest BCUT2D eigenvalue weighted by molar-refractivity contribution is 6.30. The van der Waals surface area contributed by atoms with Crippen LogP contribution >= 0.6 is 11.6 Å². The van der Waals surface area contributed by atoms with Gasteiger partial charge in [0.1, 0.15) is 17.0 Å². The third kappa shape index (κ3) is 3.43. The highest BCUT2D eigenvalue weighted by Gasteiger charge is 2.09. The van der Waals surface area contributed by atoms with Gasteiger partial charge in [-0.2, -0.15) is 10.1 Å². The van der Waals surface area contributed by atoms with E-state index in [4.69, 9.17) is 16.0 Å². The molecule has 0 fully saturated rings. The van der Waals surface area contributed by atoms with Crippen LogP contribution in [0.1, 0.15) is 11.3 Å². The molecule has 5 rings (SSSR count). The smallest absolute Gasteiger partial charge is 0.265 e. The van der Waals surface area contributed by atoms with Crippen molar-refractivity contribution in [3.63, 3.8) is 0 Å². The topological polar surface area (TPSA) is 92.0 Å². The molecule has 0 bridgehead atoms. The van der Waals surface area contributed by atoms with Crippen LogP contribution in [0.15, 0.2) is 64.1 Å². The van der Waals surface area contributed by atoms with Gasteiger partial charge in [-0.3, -0.25) is 0 Å². The van der Waals surface area contributed by atoms with Crippen LogP contribution in [0.3, 0.4) is 0 Å². The Morgan fingerprint density at radius 1 is 1.07 bits per heavy atom. The number of benzene rings is 2. The molecule has 2 aromatic carbocycles. The van der Waals surface area contributed by atoms with E-state index < -0.39 is 0 Å². The average molecular weight is 403 g/mol. The van der Waals surface area contributed by atoms with E-state index in [-0.39, 0.29) is 0 Å². The average Bonchev–Trinajstić information content (AvgIpc) is 3.33. The van der Waals surface area contributed by atoms with Crippen LogP contribution in [0.2, 0.25) is 5.02 Å². The van der Waals surface area contributed by atoms with Crippen LogP contribution in [-0.4, -0.2) is 26.4 Å². The highest BCUT2D eigenvalue weighted by Crippen LogP contribution is 2.24. The first-order chi connectivity index (χ1) is 14.2. The minimum Gasteiger partial charge on any atom is -0.455 e. The van der Waals surface area contributed by atoms with Crippen LogP contribution in [0.5, 0.6) is 0 Å². The zero-order chi connectivity index (χ0) is 19.8. The van der Waals surface area contributed by atoms with Crippen LogP contribution in [-0.2, 0) is 0 Å². The molecule has 8 heteroatoms. The van der Waals surface area contributed by atoms with Crippen molar-refractivity contribution in [1.82, 2.24) is 20.2 Å². The second-order valence-corrected chi connectivity index (χ2v) is 7.02. The SMILES string of the molecule is Cc1ccc2[nH]c3nc(N/N=C/c4ccc(-c5ccc(Cl)cc5)o4)nnc3c2c1. The number of anilines is 1. The van der Waals surface area contributed by atoms with Crippen molar-refractivity contribution in [2.75, 3.05) is 5.43 Å². The Morgan fingerprint density at radius 3 is 2.79 bits per heavy atom. The first-order valence-corrected chi connectivity index (χ1v) is 9.31. The number of nitrogens with one attached hydrogen (secondary N) is 2. The van der Waals surface area contributed by atoms with E-state index in [1.165, 1.54) is 0 Å². The number of H-pyrrole nitrogens is 1. The molecule has 3 aromatic heterocycles. The van der Waals surface area contributed by atoms with Crippen LogP contribution in [0.4, 0.5) is 5.95 Å². The summed E-state index contributed by atoms with van der Waals surface area (Å²) in [7, 11) is 0. The molecular weight excluding hydrogens is 388 g/mol. The van der Waals surface area contributed by atoms with E-state index in [1.807, 2.05) is 55.5 Å². The summed E-state index contributed by atoms with van der Waals surface area (Å²) in [5, 5.41) is 14.2. The zero-order valence-corrected chi connectivity index (χ0v) is 16.1. The summed E-state index contributed by atoms with van der Waals surface area (Å²) < 4.78 is 5.77. The van der Waals surface area contributed by atoms with Gasteiger partial charge < -0.3 is 9.40 Å². The maximum Gasteiger partial charge on any atom is 0.265 e. The number of aryl methyl sites for hydroxylation is 1. The second-order valence-electron chi connectivity index (χ2n) is 6.59. The summed E-state index contributed by atoms with van der Waals surface area (Å²) in [5.74, 6) is 1.62. The number of aromatic nitrogens is 4. The Morgan fingerprint density at radius 2 is 1.93 bits per heavy atom. The van der Waals surface area contributed by atoms with Crippen LogP contribution < -0.4 is 5.43 Å². The van der Waals surface area contributed by atoms with E-state index in [0.717, 1.165) is 33.3 Å². The molecule has 2 N–H and O–H groups in total. The number of hydrazone groups is 1. The molecule has 3 heterocycles. The van der Waals surface area contributed by atoms with E-state index in [2.05, 4.69) is 36.8 Å². The molecule has 0 amide bonds. The lowest BCUT2D eigenvalue weighted by Crippen LogP contribution is -1.98. The highest BCUT2D eigenvalue weighted by atomic mass is 35.5. The van der Waals surface area contributed by atoms with Crippen molar-refractivity contribution in [1.29, 1.82) is 0 Å². The number of hydrogen-bond donors (Lipinski definition) is 2. The number of aromatic amines is 1. The molecule has 142 valence electrons. The largest absolute Gasteiger partial charge is 0.455 e. The van der Waals surface area contributed by atoms with Crippen molar-refractivity contribution in [3.05, 3.63) is 70.9 Å². The Balaban J connectivity index is 1.34. The van der Waals surface area contributed by atoms with Gasteiger partial charge in [0.2, 0.25) is 0 Å². The van der Waals surface area contributed by atoms with Crippen LogP contribution in [0.25, 0.3) is 33.4 Å². The summed E-state index contributed by atoms with van der Waals surface area (Å²) in [6.07, 6.45) is 1.56. The molecule has 0 aliphatic rings. The number of rotatable bonds is 4. The second kappa shape index (κ2) is 7.03. The van der Waals surface area contributed by atoms with Gasteiger partial charge in [0, 0.05) is 21.5 Å². The van der Waals surface area contributed by atoms with Gasteiger partial charge in [0.15, 0.2) is 5.65 Å². The summed E-state index contributed by atoms with van der Waals surface area (Å²) in [5.41, 5.74) is 7.24. The molecule has 0 atom stereocenters. The Bertz CT molecular complexity index is 1350.